The second-order valence-electron chi connectivity index (χ2n) is 6.23. The number of carboxylic acid groups (broad SMARTS) is 1. The standard InChI is InChI=1S/C16H23NO4S/c1-11(2)12-5-9-15(10-6-12)22(20,21)17-14-7-3-13(4-8-14)16(18)19/h5-6,9-11,13-14,17H,3-4,7-8H2,1-2H3,(H,18,19). The minimum Gasteiger partial charge on any atom is -0.481 e. The van der Waals surface area contributed by atoms with Gasteiger partial charge < -0.3 is 5.11 Å². The van der Waals surface area contributed by atoms with Crippen LogP contribution in [0, 0.1) is 5.92 Å². The zero-order valence-electron chi connectivity index (χ0n) is 13.0. The Morgan fingerprint density at radius 3 is 2.14 bits per heavy atom. The van der Waals surface area contributed by atoms with Crippen LogP contribution in [-0.4, -0.2) is 25.5 Å². The molecule has 0 amide bonds. The van der Waals surface area contributed by atoms with Crippen molar-refractivity contribution < 1.29 is 18.3 Å². The lowest BCUT2D eigenvalue weighted by Gasteiger charge is -2.26. The Hall–Kier alpha value is -1.40. The molecule has 0 spiro atoms. The van der Waals surface area contributed by atoms with Crippen LogP contribution in [0.4, 0.5) is 0 Å². The van der Waals surface area contributed by atoms with Gasteiger partial charge in [0.25, 0.3) is 0 Å². The number of hydrogen-bond acceptors (Lipinski definition) is 3. The van der Waals surface area contributed by atoms with Crippen molar-refractivity contribution in [2.45, 2.75) is 56.4 Å². The molecular formula is C16H23NO4S. The number of sulfonamides is 1. The van der Waals surface area contributed by atoms with Crippen LogP contribution in [0.1, 0.15) is 51.0 Å². The maximum Gasteiger partial charge on any atom is 0.306 e. The molecule has 1 fully saturated rings. The minimum atomic E-state index is -3.54. The van der Waals surface area contributed by atoms with Crippen LogP contribution in [0.15, 0.2) is 29.2 Å². The van der Waals surface area contributed by atoms with Crippen LogP contribution in [0.5, 0.6) is 0 Å². The molecule has 2 rings (SSSR count). The monoisotopic (exact) mass is 325 g/mol. The van der Waals surface area contributed by atoms with E-state index in [1.54, 1.807) is 12.1 Å². The highest BCUT2D eigenvalue weighted by atomic mass is 32.2. The van der Waals surface area contributed by atoms with Crippen LogP contribution in [0.25, 0.3) is 0 Å². The zero-order valence-corrected chi connectivity index (χ0v) is 13.8. The highest BCUT2D eigenvalue weighted by Gasteiger charge is 2.28. The second-order valence-corrected chi connectivity index (χ2v) is 7.95. The van der Waals surface area contributed by atoms with Crippen molar-refractivity contribution in [2.75, 3.05) is 0 Å². The summed E-state index contributed by atoms with van der Waals surface area (Å²) in [6, 6.07) is 6.74. The molecule has 0 heterocycles. The van der Waals surface area contributed by atoms with E-state index < -0.39 is 16.0 Å². The quantitative estimate of drug-likeness (QED) is 0.872. The van der Waals surface area contributed by atoms with Crippen LogP contribution in [-0.2, 0) is 14.8 Å². The Morgan fingerprint density at radius 1 is 1.14 bits per heavy atom. The van der Waals surface area contributed by atoms with Gasteiger partial charge in [-0.2, -0.15) is 0 Å². The number of rotatable bonds is 5. The summed E-state index contributed by atoms with van der Waals surface area (Å²) in [5.74, 6) is -0.771. The molecule has 22 heavy (non-hydrogen) atoms. The first-order valence-electron chi connectivity index (χ1n) is 7.64. The molecule has 122 valence electrons. The van der Waals surface area contributed by atoms with Gasteiger partial charge in [-0.1, -0.05) is 26.0 Å². The zero-order chi connectivity index (χ0) is 16.3. The summed E-state index contributed by atoms with van der Waals surface area (Å²) in [4.78, 5) is 11.2. The van der Waals surface area contributed by atoms with E-state index in [0.717, 1.165) is 5.56 Å². The van der Waals surface area contributed by atoms with E-state index in [4.69, 9.17) is 5.11 Å². The van der Waals surface area contributed by atoms with E-state index in [1.807, 2.05) is 12.1 Å². The van der Waals surface area contributed by atoms with E-state index >= 15 is 0 Å². The van der Waals surface area contributed by atoms with Crippen molar-refractivity contribution in [1.29, 1.82) is 0 Å². The molecule has 0 saturated heterocycles. The highest BCUT2D eigenvalue weighted by molar-refractivity contribution is 7.89. The third-order valence-corrected chi connectivity index (χ3v) is 5.79. The molecule has 1 aliphatic rings. The molecule has 0 unspecified atom stereocenters. The van der Waals surface area contributed by atoms with Gasteiger partial charge in [0.05, 0.1) is 10.8 Å². The first-order valence-corrected chi connectivity index (χ1v) is 9.13. The molecule has 5 nitrogen and oxygen atoms in total. The Kier molecular flexibility index (Phi) is 5.24. The molecule has 2 N–H and O–H groups in total. The third kappa shape index (κ3) is 4.08. The Bertz CT molecular complexity index is 614. The average molecular weight is 325 g/mol. The second kappa shape index (κ2) is 6.79. The molecule has 0 radical (unpaired) electrons. The molecule has 1 aliphatic carbocycles. The molecule has 0 atom stereocenters. The van der Waals surface area contributed by atoms with Gasteiger partial charge in [-0.15, -0.1) is 0 Å². The minimum absolute atomic E-state index is 0.176. The maximum absolute atomic E-state index is 12.4. The number of nitrogens with one attached hydrogen (secondary N) is 1. The molecule has 0 aliphatic heterocycles. The van der Waals surface area contributed by atoms with Crippen molar-refractivity contribution in [3.05, 3.63) is 29.8 Å². The predicted octanol–water partition coefficient (Wildman–Crippen LogP) is 2.73. The van der Waals surface area contributed by atoms with Crippen molar-refractivity contribution >= 4 is 16.0 Å². The third-order valence-electron chi connectivity index (χ3n) is 4.26. The number of hydrogen-bond donors (Lipinski definition) is 2. The maximum atomic E-state index is 12.4. The van der Waals surface area contributed by atoms with E-state index in [-0.39, 0.29) is 16.9 Å². The lowest BCUT2D eigenvalue weighted by molar-refractivity contribution is -0.142. The fourth-order valence-corrected chi connectivity index (χ4v) is 4.08. The van der Waals surface area contributed by atoms with E-state index in [2.05, 4.69) is 18.6 Å². The average Bonchev–Trinajstić information content (AvgIpc) is 2.47. The van der Waals surface area contributed by atoms with E-state index in [9.17, 15) is 13.2 Å². The lowest BCUT2D eigenvalue weighted by Crippen LogP contribution is -2.38. The summed E-state index contributed by atoms with van der Waals surface area (Å²) in [6.45, 7) is 4.12. The summed E-state index contributed by atoms with van der Waals surface area (Å²) < 4.78 is 27.4. The fourth-order valence-electron chi connectivity index (χ4n) is 2.78. The SMILES string of the molecule is CC(C)c1ccc(S(=O)(=O)NC2CCC(C(=O)O)CC2)cc1. The predicted molar refractivity (Wildman–Crippen MR) is 84.2 cm³/mol. The first-order chi connectivity index (χ1) is 10.3. The van der Waals surface area contributed by atoms with Crippen LogP contribution >= 0.6 is 0 Å². The van der Waals surface area contributed by atoms with Crippen molar-refractivity contribution in [2.24, 2.45) is 5.92 Å². The van der Waals surface area contributed by atoms with Gasteiger partial charge in [0.1, 0.15) is 0 Å². The Labute approximate surface area is 131 Å². The summed E-state index contributed by atoms with van der Waals surface area (Å²) in [5.41, 5.74) is 1.10. The van der Waals surface area contributed by atoms with Gasteiger partial charge in [0, 0.05) is 6.04 Å². The molecule has 0 bridgehead atoms. The number of carboxylic acids is 1. The molecule has 1 aromatic rings. The van der Waals surface area contributed by atoms with Gasteiger partial charge >= 0.3 is 5.97 Å². The van der Waals surface area contributed by atoms with Crippen molar-refractivity contribution in [3.63, 3.8) is 0 Å². The van der Waals surface area contributed by atoms with Gasteiger partial charge in [0.15, 0.2) is 0 Å². The molecule has 0 aromatic heterocycles. The largest absolute Gasteiger partial charge is 0.481 e. The normalized spacial score (nSPS) is 22.7. The van der Waals surface area contributed by atoms with Crippen molar-refractivity contribution in [1.82, 2.24) is 4.72 Å². The van der Waals surface area contributed by atoms with Gasteiger partial charge in [-0.25, -0.2) is 13.1 Å². The van der Waals surface area contributed by atoms with Crippen LogP contribution in [0.3, 0.4) is 0 Å². The molecule has 6 heteroatoms. The van der Waals surface area contributed by atoms with Crippen LogP contribution < -0.4 is 4.72 Å². The first kappa shape index (κ1) is 17.0. The molecule has 1 aromatic carbocycles. The Balaban J connectivity index is 2.01. The number of aliphatic carboxylic acids is 1. The molecule has 1 saturated carbocycles. The Morgan fingerprint density at radius 2 is 1.68 bits per heavy atom. The topological polar surface area (TPSA) is 83.5 Å². The van der Waals surface area contributed by atoms with Crippen molar-refractivity contribution in [3.8, 4) is 0 Å². The highest BCUT2D eigenvalue weighted by Crippen LogP contribution is 2.26. The van der Waals surface area contributed by atoms with Gasteiger partial charge in [0.2, 0.25) is 10.0 Å². The molecular weight excluding hydrogens is 302 g/mol. The van der Waals surface area contributed by atoms with Gasteiger partial charge in [-0.05, 0) is 49.3 Å². The summed E-state index contributed by atoms with van der Waals surface area (Å²) in [7, 11) is -3.54. The van der Waals surface area contributed by atoms with E-state index in [1.165, 1.54) is 0 Å². The smallest absolute Gasteiger partial charge is 0.306 e. The van der Waals surface area contributed by atoms with Crippen LogP contribution in [0.2, 0.25) is 0 Å². The fraction of sp³-hybridized carbons (Fsp3) is 0.562. The summed E-state index contributed by atoms with van der Waals surface area (Å²) in [6.07, 6.45) is 2.18. The lowest BCUT2D eigenvalue weighted by atomic mass is 9.87. The number of benzene rings is 1. The number of carbonyl (C=O) groups is 1. The summed E-state index contributed by atoms with van der Waals surface area (Å²) in [5, 5.41) is 8.97. The van der Waals surface area contributed by atoms with E-state index in [0.29, 0.717) is 31.6 Å². The summed E-state index contributed by atoms with van der Waals surface area (Å²) >= 11 is 0. The van der Waals surface area contributed by atoms with Gasteiger partial charge in [-0.3, -0.25) is 4.79 Å².